The fourth-order valence-electron chi connectivity index (χ4n) is 2.66. The topological polar surface area (TPSA) is 49.3 Å². The van der Waals surface area contributed by atoms with Gasteiger partial charge in [0.15, 0.2) is 5.96 Å². The largest absolute Gasteiger partial charge is 0.354 e. The highest BCUT2D eigenvalue weighted by Gasteiger charge is 2.18. The van der Waals surface area contributed by atoms with Crippen molar-refractivity contribution in [2.24, 2.45) is 10.9 Å². The Morgan fingerprint density at radius 3 is 2.75 bits per heavy atom. The van der Waals surface area contributed by atoms with Crippen LogP contribution in [0.15, 0.2) is 23.3 Å². The van der Waals surface area contributed by atoms with Gasteiger partial charge >= 0.3 is 0 Å². The van der Waals surface area contributed by atoms with Crippen molar-refractivity contribution < 1.29 is 0 Å². The van der Waals surface area contributed by atoms with Crippen molar-refractivity contribution in [1.82, 2.24) is 15.6 Å². The van der Waals surface area contributed by atoms with E-state index in [9.17, 15) is 0 Å². The molecule has 1 aliphatic carbocycles. The smallest absolute Gasteiger partial charge is 0.191 e. The van der Waals surface area contributed by atoms with Crippen molar-refractivity contribution in [1.29, 1.82) is 0 Å². The number of pyridine rings is 1. The van der Waals surface area contributed by atoms with E-state index in [1.807, 2.05) is 19.3 Å². The second-order valence-corrected chi connectivity index (χ2v) is 5.79. The second kappa shape index (κ2) is 7.27. The number of aromatic nitrogens is 1. The Labute approximate surface area is 122 Å². The van der Waals surface area contributed by atoms with E-state index in [-0.39, 0.29) is 0 Å². The van der Waals surface area contributed by atoms with Crippen molar-refractivity contribution in [2.45, 2.75) is 52.1 Å². The highest BCUT2D eigenvalue weighted by molar-refractivity contribution is 5.79. The summed E-state index contributed by atoms with van der Waals surface area (Å²) in [5, 5.41) is 6.89. The van der Waals surface area contributed by atoms with Gasteiger partial charge in [0, 0.05) is 19.3 Å². The van der Waals surface area contributed by atoms with E-state index in [4.69, 9.17) is 0 Å². The summed E-state index contributed by atoms with van der Waals surface area (Å²) in [6.07, 6.45) is 6.94. The summed E-state index contributed by atoms with van der Waals surface area (Å²) in [5.41, 5.74) is 2.29. The Bertz CT molecular complexity index is 448. The van der Waals surface area contributed by atoms with Gasteiger partial charge < -0.3 is 10.6 Å². The minimum absolute atomic E-state index is 0.558. The molecule has 0 amide bonds. The monoisotopic (exact) mass is 274 g/mol. The third-order valence-corrected chi connectivity index (χ3v) is 4.12. The maximum Gasteiger partial charge on any atom is 0.191 e. The van der Waals surface area contributed by atoms with Gasteiger partial charge in [-0.15, -0.1) is 0 Å². The van der Waals surface area contributed by atoms with Crippen LogP contribution in [0.1, 0.15) is 43.9 Å². The van der Waals surface area contributed by atoms with Crippen LogP contribution in [0.3, 0.4) is 0 Å². The van der Waals surface area contributed by atoms with Crippen molar-refractivity contribution in [3.05, 3.63) is 29.6 Å². The van der Waals surface area contributed by atoms with E-state index in [0.717, 1.165) is 24.1 Å². The Kier molecular flexibility index (Phi) is 5.39. The molecule has 0 radical (unpaired) electrons. The van der Waals surface area contributed by atoms with Crippen molar-refractivity contribution in [3.63, 3.8) is 0 Å². The van der Waals surface area contributed by atoms with Crippen LogP contribution in [0, 0.1) is 12.8 Å². The molecule has 20 heavy (non-hydrogen) atoms. The van der Waals surface area contributed by atoms with E-state index in [1.165, 1.54) is 31.2 Å². The number of nitrogens with one attached hydrogen (secondary N) is 2. The van der Waals surface area contributed by atoms with E-state index >= 15 is 0 Å². The van der Waals surface area contributed by atoms with Crippen LogP contribution in [0.25, 0.3) is 0 Å². The normalized spacial score (nSPS) is 23.4. The van der Waals surface area contributed by atoms with Crippen LogP contribution in [-0.2, 0) is 6.54 Å². The summed E-state index contributed by atoms with van der Waals surface area (Å²) in [6, 6.07) is 4.61. The molecule has 1 saturated carbocycles. The second-order valence-electron chi connectivity index (χ2n) is 5.79. The van der Waals surface area contributed by atoms with Gasteiger partial charge in [-0.1, -0.05) is 13.0 Å². The van der Waals surface area contributed by atoms with Gasteiger partial charge in [0.25, 0.3) is 0 Å². The van der Waals surface area contributed by atoms with Crippen LogP contribution in [0.2, 0.25) is 0 Å². The molecule has 0 atom stereocenters. The van der Waals surface area contributed by atoms with Gasteiger partial charge in [0.2, 0.25) is 0 Å². The number of guanidine groups is 1. The third-order valence-electron chi connectivity index (χ3n) is 4.12. The molecule has 1 fully saturated rings. The summed E-state index contributed by atoms with van der Waals surface area (Å²) in [4.78, 5) is 8.71. The minimum atomic E-state index is 0.558. The molecule has 0 aromatic carbocycles. The molecule has 2 rings (SSSR count). The quantitative estimate of drug-likeness (QED) is 0.658. The molecule has 4 heteroatoms. The molecular formula is C16H26N4. The number of aryl methyl sites for hydroxylation is 1. The average molecular weight is 274 g/mol. The maximum absolute atomic E-state index is 4.40. The molecule has 4 nitrogen and oxygen atoms in total. The van der Waals surface area contributed by atoms with Crippen LogP contribution in [0.5, 0.6) is 0 Å². The maximum atomic E-state index is 4.40. The first-order valence-electron chi connectivity index (χ1n) is 7.56. The van der Waals surface area contributed by atoms with E-state index in [0.29, 0.717) is 6.04 Å². The minimum Gasteiger partial charge on any atom is -0.354 e. The highest BCUT2D eigenvalue weighted by atomic mass is 15.2. The lowest BCUT2D eigenvalue weighted by Crippen LogP contribution is -2.44. The number of hydrogen-bond donors (Lipinski definition) is 2. The van der Waals surface area contributed by atoms with Gasteiger partial charge in [0.05, 0.1) is 12.2 Å². The molecule has 2 N–H and O–H groups in total. The zero-order chi connectivity index (χ0) is 14.4. The first-order valence-corrected chi connectivity index (χ1v) is 7.56. The molecule has 0 spiro atoms. The van der Waals surface area contributed by atoms with Crippen molar-refractivity contribution in [3.8, 4) is 0 Å². The predicted molar refractivity (Wildman–Crippen MR) is 83.7 cm³/mol. The third kappa shape index (κ3) is 4.22. The molecular weight excluding hydrogens is 248 g/mol. The Balaban J connectivity index is 1.83. The molecule has 1 heterocycles. The fourth-order valence-corrected chi connectivity index (χ4v) is 2.66. The van der Waals surface area contributed by atoms with Crippen LogP contribution in [0.4, 0.5) is 0 Å². The first kappa shape index (κ1) is 14.8. The molecule has 1 aromatic heterocycles. The van der Waals surface area contributed by atoms with Gasteiger partial charge in [-0.25, -0.2) is 0 Å². The molecule has 0 unspecified atom stereocenters. The Hall–Kier alpha value is -1.58. The van der Waals surface area contributed by atoms with Crippen LogP contribution in [-0.4, -0.2) is 24.0 Å². The zero-order valence-corrected chi connectivity index (χ0v) is 12.8. The van der Waals surface area contributed by atoms with E-state index in [1.54, 1.807) is 0 Å². The van der Waals surface area contributed by atoms with Gasteiger partial charge in [-0.2, -0.15) is 0 Å². The lowest BCUT2D eigenvalue weighted by molar-refractivity contribution is 0.329. The van der Waals surface area contributed by atoms with Gasteiger partial charge in [0.1, 0.15) is 0 Å². The highest BCUT2D eigenvalue weighted by Crippen LogP contribution is 2.23. The lowest BCUT2D eigenvalue weighted by Gasteiger charge is -2.28. The number of aliphatic imine (C=N–C) groups is 1. The Morgan fingerprint density at radius 1 is 1.35 bits per heavy atom. The number of hydrogen-bond acceptors (Lipinski definition) is 2. The fraction of sp³-hybridized carbons (Fsp3) is 0.625. The summed E-state index contributed by atoms with van der Waals surface area (Å²) < 4.78 is 0. The average Bonchev–Trinajstić information content (AvgIpc) is 2.47. The standard InChI is InChI=1S/C16H26N4/c1-12-6-8-14(9-7-12)20-16(17-3)19-11-15-13(2)5-4-10-18-15/h4-5,10,12,14H,6-9,11H2,1-3H3,(H2,17,19,20). The Morgan fingerprint density at radius 2 is 2.10 bits per heavy atom. The summed E-state index contributed by atoms with van der Waals surface area (Å²) in [5.74, 6) is 1.76. The summed E-state index contributed by atoms with van der Waals surface area (Å²) in [7, 11) is 1.83. The molecule has 1 aromatic rings. The van der Waals surface area contributed by atoms with E-state index in [2.05, 4.69) is 40.5 Å². The van der Waals surface area contributed by atoms with Gasteiger partial charge in [-0.05, 0) is 50.2 Å². The predicted octanol–water partition coefficient (Wildman–Crippen LogP) is 2.63. The summed E-state index contributed by atoms with van der Waals surface area (Å²) >= 11 is 0. The van der Waals surface area contributed by atoms with Crippen molar-refractivity contribution >= 4 is 5.96 Å². The molecule has 110 valence electrons. The first-order chi connectivity index (χ1) is 9.69. The molecule has 0 aliphatic heterocycles. The molecule has 0 bridgehead atoms. The van der Waals surface area contributed by atoms with E-state index < -0.39 is 0 Å². The van der Waals surface area contributed by atoms with Crippen molar-refractivity contribution in [2.75, 3.05) is 7.05 Å². The summed E-state index contributed by atoms with van der Waals surface area (Å²) in [6.45, 7) is 5.14. The van der Waals surface area contributed by atoms with Crippen LogP contribution < -0.4 is 10.6 Å². The zero-order valence-electron chi connectivity index (χ0n) is 12.8. The number of rotatable bonds is 3. The van der Waals surface area contributed by atoms with Crippen LogP contribution >= 0.6 is 0 Å². The molecule has 1 aliphatic rings. The van der Waals surface area contributed by atoms with Gasteiger partial charge in [-0.3, -0.25) is 9.98 Å². The lowest BCUT2D eigenvalue weighted by atomic mass is 9.87. The molecule has 0 saturated heterocycles. The SMILES string of the molecule is CN=C(NCc1ncccc1C)NC1CCC(C)CC1. The number of nitrogens with zero attached hydrogens (tertiary/aromatic N) is 2.